The van der Waals surface area contributed by atoms with Gasteiger partial charge in [0.1, 0.15) is 5.82 Å². The number of nitrogens with two attached hydrogens (primary N) is 1. The summed E-state index contributed by atoms with van der Waals surface area (Å²) in [7, 11) is 0. The van der Waals surface area contributed by atoms with Crippen LogP contribution in [0.4, 0.5) is 11.5 Å². The Morgan fingerprint density at radius 2 is 2.11 bits per heavy atom. The van der Waals surface area contributed by atoms with Crippen molar-refractivity contribution in [2.75, 3.05) is 24.2 Å². The van der Waals surface area contributed by atoms with Crippen LogP contribution in [0.5, 0.6) is 5.88 Å². The summed E-state index contributed by atoms with van der Waals surface area (Å²) >= 11 is 0. The Kier molecular flexibility index (Phi) is 4.51. The smallest absolute Gasteiger partial charge is 0.239 e. The Morgan fingerprint density at radius 1 is 1.32 bits per heavy atom. The zero-order valence-electron chi connectivity index (χ0n) is 12.0. The maximum absolute atomic E-state index is 5.86. The first kappa shape index (κ1) is 14.0. The highest BCUT2D eigenvalue weighted by molar-refractivity contribution is 5.53. The van der Waals surface area contributed by atoms with Crippen molar-refractivity contribution in [3.63, 3.8) is 0 Å². The highest BCUT2D eigenvalue weighted by Crippen LogP contribution is 2.49. The highest BCUT2D eigenvalue weighted by atomic mass is 16.5. The van der Waals surface area contributed by atoms with E-state index in [-0.39, 0.29) is 0 Å². The second-order valence-corrected chi connectivity index (χ2v) is 5.54. The molecule has 2 rings (SSSR count). The van der Waals surface area contributed by atoms with Gasteiger partial charge in [0.15, 0.2) is 0 Å². The van der Waals surface area contributed by atoms with Gasteiger partial charge in [0.05, 0.1) is 12.3 Å². The van der Waals surface area contributed by atoms with Crippen molar-refractivity contribution in [2.45, 2.75) is 46.0 Å². The van der Waals surface area contributed by atoms with Crippen molar-refractivity contribution in [2.24, 2.45) is 5.41 Å². The molecule has 1 aliphatic rings. The van der Waals surface area contributed by atoms with Crippen LogP contribution in [0, 0.1) is 5.41 Å². The lowest BCUT2D eigenvalue weighted by Gasteiger charge is -2.16. The van der Waals surface area contributed by atoms with Gasteiger partial charge in [-0.15, -0.1) is 0 Å². The minimum absolute atomic E-state index is 0.516. The van der Waals surface area contributed by atoms with Crippen LogP contribution in [0.25, 0.3) is 0 Å². The minimum Gasteiger partial charge on any atom is -0.476 e. The topological polar surface area (TPSA) is 60.2 Å². The maximum atomic E-state index is 5.86. The molecule has 0 aliphatic heterocycles. The van der Waals surface area contributed by atoms with E-state index >= 15 is 0 Å². The third-order valence-electron chi connectivity index (χ3n) is 3.71. The van der Waals surface area contributed by atoms with Gasteiger partial charge < -0.3 is 15.8 Å². The Balaban J connectivity index is 1.93. The number of hydrogen-bond donors (Lipinski definition) is 2. The summed E-state index contributed by atoms with van der Waals surface area (Å²) in [5, 5.41) is 3.43. The molecule has 0 amide bonds. The number of anilines is 2. The number of ether oxygens (including phenoxy) is 1. The number of pyridine rings is 1. The van der Waals surface area contributed by atoms with Crippen LogP contribution in [0.15, 0.2) is 12.1 Å². The lowest BCUT2D eigenvalue weighted by molar-refractivity contribution is 0.307. The van der Waals surface area contributed by atoms with Gasteiger partial charge in [-0.3, -0.25) is 0 Å². The molecule has 4 nitrogen and oxygen atoms in total. The van der Waals surface area contributed by atoms with E-state index in [2.05, 4.69) is 24.1 Å². The molecule has 0 unspecified atom stereocenters. The van der Waals surface area contributed by atoms with Gasteiger partial charge in [-0.2, -0.15) is 4.98 Å². The van der Waals surface area contributed by atoms with Gasteiger partial charge in [0.25, 0.3) is 0 Å². The van der Waals surface area contributed by atoms with Crippen LogP contribution < -0.4 is 15.8 Å². The Bertz CT molecular complexity index is 416. The van der Waals surface area contributed by atoms with E-state index in [1.807, 2.05) is 12.1 Å². The third kappa shape index (κ3) is 3.75. The SMILES string of the molecule is CCCOc1nc(NCC2(CCC)CC2)ccc1N. The van der Waals surface area contributed by atoms with E-state index in [1.54, 1.807) is 0 Å². The fraction of sp³-hybridized carbons (Fsp3) is 0.667. The Labute approximate surface area is 115 Å². The molecule has 1 heterocycles. The first-order valence-corrected chi connectivity index (χ1v) is 7.32. The molecule has 19 heavy (non-hydrogen) atoms. The molecular weight excluding hydrogens is 238 g/mol. The van der Waals surface area contributed by atoms with Gasteiger partial charge in [-0.05, 0) is 43.2 Å². The van der Waals surface area contributed by atoms with Crippen LogP contribution in [0.3, 0.4) is 0 Å². The van der Waals surface area contributed by atoms with Crippen LogP contribution >= 0.6 is 0 Å². The molecule has 0 spiro atoms. The zero-order valence-corrected chi connectivity index (χ0v) is 12.0. The van der Waals surface area contributed by atoms with Gasteiger partial charge >= 0.3 is 0 Å². The molecule has 1 saturated carbocycles. The summed E-state index contributed by atoms with van der Waals surface area (Å²) in [6.07, 6.45) is 6.18. The molecule has 1 fully saturated rings. The van der Waals surface area contributed by atoms with Gasteiger partial charge in [-0.25, -0.2) is 0 Å². The molecule has 0 aromatic carbocycles. The molecule has 3 N–H and O–H groups in total. The molecule has 1 aromatic heterocycles. The molecular formula is C15H25N3O. The average Bonchev–Trinajstić information content (AvgIpc) is 3.17. The number of hydrogen-bond acceptors (Lipinski definition) is 4. The van der Waals surface area contributed by atoms with Crippen molar-refractivity contribution >= 4 is 11.5 Å². The monoisotopic (exact) mass is 263 g/mol. The van der Waals surface area contributed by atoms with Crippen molar-refractivity contribution in [3.05, 3.63) is 12.1 Å². The first-order valence-electron chi connectivity index (χ1n) is 7.32. The fourth-order valence-corrected chi connectivity index (χ4v) is 2.36. The van der Waals surface area contributed by atoms with Crippen molar-refractivity contribution < 1.29 is 4.74 Å². The zero-order chi connectivity index (χ0) is 13.7. The van der Waals surface area contributed by atoms with Gasteiger partial charge in [0.2, 0.25) is 5.88 Å². The molecule has 1 aromatic rings. The number of nitrogens with one attached hydrogen (secondary N) is 1. The normalized spacial score (nSPS) is 16.1. The van der Waals surface area contributed by atoms with Gasteiger partial charge in [0, 0.05) is 6.54 Å². The van der Waals surface area contributed by atoms with Crippen molar-refractivity contribution in [3.8, 4) is 5.88 Å². The molecule has 0 radical (unpaired) electrons. The maximum Gasteiger partial charge on any atom is 0.239 e. The molecule has 4 heteroatoms. The fourth-order valence-electron chi connectivity index (χ4n) is 2.36. The van der Waals surface area contributed by atoms with Crippen LogP contribution in [0.2, 0.25) is 0 Å². The number of nitrogens with zero attached hydrogens (tertiary/aromatic N) is 1. The Hall–Kier alpha value is -1.45. The second kappa shape index (κ2) is 6.13. The average molecular weight is 263 g/mol. The first-order chi connectivity index (χ1) is 9.19. The summed E-state index contributed by atoms with van der Waals surface area (Å²) in [5.74, 6) is 1.41. The molecule has 0 bridgehead atoms. The predicted molar refractivity (Wildman–Crippen MR) is 79.5 cm³/mol. The molecule has 0 saturated heterocycles. The summed E-state index contributed by atoms with van der Waals surface area (Å²) < 4.78 is 5.55. The largest absolute Gasteiger partial charge is 0.476 e. The summed E-state index contributed by atoms with van der Waals surface area (Å²) in [4.78, 5) is 4.44. The standard InChI is InChI=1S/C15H25N3O/c1-3-7-15(8-9-15)11-17-13-6-5-12(16)14(18-13)19-10-4-2/h5-6H,3-4,7-11,16H2,1-2H3,(H,17,18). The van der Waals surface area contributed by atoms with Crippen LogP contribution in [-0.2, 0) is 0 Å². The summed E-state index contributed by atoms with van der Waals surface area (Å²) in [6, 6.07) is 3.79. The van der Waals surface area contributed by atoms with E-state index in [1.165, 1.54) is 25.7 Å². The number of aromatic nitrogens is 1. The molecule has 0 atom stereocenters. The van der Waals surface area contributed by atoms with Crippen LogP contribution in [0.1, 0.15) is 46.0 Å². The lowest BCUT2D eigenvalue weighted by Crippen LogP contribution is -2.16. The Morgan fingerprint density at radius 3 is 2.74 bits per heavy atom. The predicted octanol–water partition coefficient (Wildman–Crippen LogP) is 3.44. The van der Waals surface area contributed by atoms with E-state index in [0.29, 0.717) is 23.6 Å². The van der Waals surface area contributed by atoms with E-state index in [0.717, 1.165) is 18.8 Å². The quantitative estimate of drug-likeness (QED) is 0.754. The van der Waals surface area contributed by atoms with Crippen molar-refractivity contribution in [1.29, 1.82) is 0 Å². The second-order valence-electron chi connectivity index (χ2n) is 5.54. The van der Waals surface area contributed by atoms with E-state index < -0.39 is 0 Å². The number of rotatable bonds is 8. The summed E-state index contributed by atoms with van der Waals surface area (Å²) in [6.45, 7) is 5.98. The minimum atomic E-state index is 0.516. The molecule has 106 valence electrons. The third-order valence-corrected chi connectivity index (χ3v) is 3.71. The van der Waals surface area contributed by atoms with Crippen molar-refractivity contribution in [1.82, 2.24) is 4.98 Å². The van der Waals surface area contributed by atoms with Gasteiger partial charge in [-0.1, -0.05) is 20.3 Å². The van der Waals surface area contributed by atoms with E-state index in [9.17, 15) is 0 Å². The molecule has 1 aliphatic carbocycles. The lowest BCUT2D eigenvalue weighted by atomic mass is 10.0. The van der Waals surface area contributed by atoms with Crippen LogP contribution in [-0.4, -0.2) is 18.1 Å². The summed E-state index contributed by atoms with van der Waals surface area (Å²) in [5.41, 5.74) is 6.98. The highest BCUT2D eigenvalue weighted by Gasteiger charge is 2.41. The number of nitrogen functional groups attached to an aromatic ring is 1. The van der Waals surface area contributed by atoms with E-state index in [4.69, 9.17) is 10.5 Å².